The zero-order valence-electron chi connectivity index (χ0n) is 11.5. The summed E-state index contributed by atoms with van der Waals surface area (Å²) in [6.45, 7) is 2.25. The molecule has 1 heterocycles. The lowest BCUT2D eigenvalue weighted by atomic mass is 9.96. The van der Waals surface area contributed by atoms with E-state index < -0.39 is 16.4 Å². The molecule has 1 fully saturated rings. The molecular weight excluding hydrogens is 278 g/mol. The number of carbonyl (C=O) groups excluding carboxylic acids is 1. The van der Waals surface area contributed by atoms with E-state index in [1.165, 1.54) is 18.2 Å². The van der Waals surface area contributed by atoms with Crippen molar-refractivity contribution in [1.82, 2.24) is 0 Å². The number of aliphatic hydroxyl groups is 1. The number of nitrogens with zero attached hydrogens (tertiary/aromatic N) is 1. The molecule has 1 aromatic carbocycles. The summed E-state index contributed by atoms with van der Waals surface area (Å²) in [5.74, 6) is -0.677. The summed E-state index contributed by atoms with van der Waals surface area (Å²) < 4.78 is 5.30. The molecule has 114 valence electrons. The topological polar surface area (TPSA) is 128 Å². The van der Waals surface area contributed by atoms with Crippen molar-refractivity contribution < 1.29 is 19.6 Å². The molecule has 2 rings (SSSR count). The number of hydrogen-bond donors (Lipinski definition) is 3. The van der Waals surface area contributed by atoms with Gasteiger partial charge < -0.3 is 20.9 Å². The highest BCUT2D eigenvalue weighted by atomic mass is 16.6. The van der Waals surface area contributed by atoms with Gasteiger partial charge in [-0.15, -0.1) is 0 Å². The number of nitrogens with two attached hydrogens (primary N) is 1. The number of ether oxygens (including phenoxy) is 1. The van der Waals surface area contributed by atoms with E-state index in [9.17, 15) is 20.0 Å². The molecule has 0 spiro atoms. The van der Waals surface area contributed by atoms with Crippen LogP contribution in [0.1, 0.15) is 23.7 Å². The summed E-state index contributed by atoms with van der Waals surface area (Å²) in [7, 11) is 0. The number of benzene rings is 1. The monoisotopic (exact) mass is 295 g/mol. The summed E-state index contributed by atoms with van der Waals surface area (Å²) in [4.78, 5) is 21.6. The average molecular weight is 295 g/mol. The van der Waals surface area contributed by atoms with E-state index in [-0.39, 0.29) is 29.6 Å². The van der Waals surface area contributed by atoms with E-state index in [1.807, 2.05) is 0 Å². The Bertz CT molecular complexity index is 577. The van der Waals surface area contributed by atoms with E-state index in [0.29, 0.717) is 13.0 Å². The van der Waals surface area contributed by atoms with Gasteiger partial charge in [0.1, 0.15) is 11.3 Å². The zero-order valence-corrected chi connectivity index (χ0v) is 11.5. The molecule has 0 aliphatic carbocycles. The van der Waals surface area contributed by atoms with E-state index >= 15 is 0 Å². The predicted molar refractivity (Wildman–Crippen MR) is 75.1 cm³/mol. The van der Waals surface area contributed by atoms with Crippen LogP contribution in [0.15, 0.2) is 18.2 Å². The number of rotatable bonds is 5. The van der Waals surface area contributed by atoms with Crippen molar-refractivity contribution in [3.8, 4) is 0 Å². The third-order valence-corrected chi connectivity index (χ3v) is 3.72. The lowest BCUT2D eigenvalue weighted by Gasteiger charge is -2.26. The third-order valence-electron chi connectivity index (χ3n) is 3.72. The highest BCUT2D eigenvalue weighted by Gasteiger charge is 2.39. The van der Waals surface area contributed by atoms with Crippen LogP contribution in [-0.4, -0.2) is 40.8 Å². The number of carbonyl (C=O) groups is 1. The summed E-state index contributed by atoms with van der Waals surface area (Å²) >= 11 is 0. The van der Waals surface area contributed by atoms with Crippen molar-refractivity contribution in [2.75, 3.05) is 18.5 Å². The molecule has 0 radical (unpaired) electrons. The molecule has 0 aromatic heterocycles. The molecule has 21 heavy (non-hydrogen) atoms. The van der Waals surface area contributed by atoms with Gasteiger partial charge in [0.15, 0.2) is 0 Å². The Labute approximate surface area is 121 Å². The molecule has 1 aliphatic heterocycles. The molecule has 0 saturated carbocycles. The Morgan fingerprint density at radius 2 is 2.38 bits per heavy atom. The summed E-state index contributed by atoms with van der Waals surface area (Å²) in [6.07, 6.45) is 0.0631. The second-order valence-electron chi connectivity index (χ2n) is 5.07. The maximum Gasteiger partial charge on any atom is 0.292 e. The van der Waals surface area contributed by atoms with E-state index in [4.69, 9.17) is 10.5 Å². The molecule has 8 heteroatoms. The van der Waals surface area contributed by atoms with E-state index in [1.54, 1.807) is 6.92 Å². The molecule has 1 amide bonds. The Balaban J connectivity index is 2.23. The van der Waals surface area contributed by atoms with Gasteiger partial charge in [-0.3, -0.25) is 14.9 Å². The fourth-order valence-electron chi connectivity index (χ4n) is 2.24. The molecular formula is C13H17N3O5. The fourth-order valence-corrected chi connectivity index (χ4v) is 2.24. The first-order valence-corrected chi connectivity index (χ1v) is 6.49. The zero-order chi connectivity index (χ0) is 15.6. The number of nitrogens with one attached hydrogen (secondary N) is 1. The molecule has 1 saturated heterocycles. The summed E-state index contributed by atoms with van der Waals surface area (Å²) in [6, 6.07) is 3.81. The van der Waals surface area contributed by atoms with Crippen molar-refractivity contribution in [2.24, 2.45) is 5.73 Å². The van der Waals surface area contributed by atoms with E-state index in [2.05, 4.69) is 5.32 Å². The van der Waals surface area contributed by atoms with E-state index in [0.717, 1.165) is 0 Å². The number of nitro benzene ring substituents is 1. The molecule has 4 N–H and O–H groups in total. The molecule has 2 unspecified atom stereocenters. The van der Waals surface area contributed by atoms with Gasteiger partial charge in [-0.1, -0.05) is 0 Å². The van der Waals surface area contributed by atoms with Crippen LogP contribution in [-0.2, 0) is 4.74 Å². The van der Waals surface area contributed by atoms with Crippen LogP contribution < -0.4 is 11.1 Å². The Morgan fingerprint density at radius 3 is 2.90 bits per heavy atom. The second kappa shape index (κ2) is 5.66. The molecule has 2 atom stereocenters. The number of hydrogen-bond acceptors (Lipinski definition) is 6. The SMILES string of the molecule is CC1OCCC1(O)CNc1cc(C(N)=O)ccc1[N+](=O)[O-]. The summed E-state index contributed by atoms with van der Waals surface area (Å²) in [5.41, 5.74) is 4.18. The van der Waals surface area contributed by atoms with Crippen LogP contribution in [0.25, 0.3) is 0 Å². The van der Waals surface area contributed by atoms with Crippen LogP contribution >= 0.6 is 0 Å². The number of amides is 1. The van der Waals surface area contributed by atoms with Crippen molar-refractivity contribution in [3.05, 3.63) is 33.9 Å². The Kier molecular flexibility index (Phi) is 4.10. The lowest BCUT2D eigenvalue weighted by Crippen LogP contribution is -2.43. The molecule has 1 aromatic rings. The van der Waals surface area contributed by atoms with Gasteiger partial charge in [0.05, 0.1) is 11.0 Å². The number of nitro groups is 1. The predicted octanol–water partition coefficient (Wildman–Crippen LogP) is 0.646. The maximum absolute atomic E-state index is 11.2. The Hall–Kier alpha value is -2.19. The van der Waals surface area contributed by atoms with Gasteiger partial charge in [0.25, 0.3) is 5.69 Å². The van der Waals surface area contributed by atoms with Crippen LogP contribution in [0, 0.1) is 10.1 Å². The minimum absolute atomic E-state index is 0.0806. The first-order chi connectivity index (χ1) is 9.83. The fraction of sp³-hybridized carbons (Fsp3) is 0.462. The lowest BCUT2D eigenvalue weighted by molar-refractivity contribution is -0.384. The number of primary amides is 1. The minimum Gasteiger partial charge on any atom is -0.385 e. The second-order valence-corrected chi connectivity index (χ2v) is 5.07. The standard InChI is InChI=1S/C13H17N3O5/c1-8-13(18,4-5-21-8)7-15-10-6-9(12(14)17)2-3-11(10)16(19)20/h2-3,6,8,15,18H,4-5,7H2,1H3,(H2,14,17). The van der Waals surface area contributed by atoms with Gasteiger partial charge in [0.2, 0.25) is 5.91 Å². The van der Waals surface area contributed by atoms with Gasteiger partial charge in [-0.2, -0.15) is 0 Å². The Morgan fingerprint density at radius 1 is 1.67 bits per heavy atom. The molecule has 8 nitrogen and oxygen atoms in total. The largest absolute Gasteiger partial charge is 0.385 e. The first-order valence-electron chi connectivity index (χ1n) is 6.49. The third kappa shape index (κ3) is 3.11. The number of anilines is 1. The smallest absolute Gasteiger partial charge is 0.292 e. The van der Waals surface area contributed by atoms with Crippen molar-refractivity contribution in [3.63, 3.8) is 0 Å². The van der Waals surface area contributed by atoms with Crippen LogP contribution in [0.2, 0.25) is 0 Å². The first kappa shape index (κ1) is 15.2. The van der Waals surface area contributed by atoms with Crippen molar-refractivity contribution >= 4 is 17.3 Å². The van der Waals surface area contributed by atoms with Crippen LogP contribution in [0.4, 0.5) is 11.4 Å². The maximum atomic E-state index is 11.2. The average Bonchev–Trinajstić information content (AvgIpc) is 2.76. The van der Waals surface area contributed by atoms with Gasteiger partial charge in [0, 0.05) is 31.2 Å². The molecule has 0 bridgehead atoms. The van der Waals surface area contributed by atoms with Gasteiger partial charge >= 0.3 is 0 Å². The van der Waals surface area contributed by atoms with Crippen molar-refractivity contribution in [2.45, 2.75) is 25.0 Å². The minimum atomic E-state index is -1.10. The van der Waals surface area contributed by atoms with Gasteiger partial charge in [-0.05, 0) is 19.1 Å². The van der Waals surface area contributed by atoms with Crippen molar-refractivity contribution in [1.29, 1.82) is 0 Å². The summed E-state index contributed by atoms with van der Waals surface area (Å²) in [5, 5.41) is 24.2. The molecule has 1 aliphatic rings. The van der Waals surface area contributed by atoms with Crippen LogP contribution in [0.5, 0.6) is 0 Å². The quantitative estimate of drug-likeness (QED) is 0.540. The van der Waals surface area contributed by atoms with Crippen LogP contribution in [0.3, 0.4) is 0 Å². The normalized spacial score (nSPS) is 24.8. The highest BCUT2D eigenvalue weighted by Crippen LogP contribution is 2.29. The highest BCUT2D eigenvalue weighted by molar-refractivity contribution is 5.94. The van der Waals surface area contributed by atoms with Gasteiger partial charge in [-0.25, -0.2) is 0 Å².